The highest BCUT2D eigenvalue weighted by Gasteiger charge is 2.17. The molecule has 0 aliphatic rings. The van der Waals surface area contributed by atoms with Crippen LogP contribution in [0.4, 0.5) is 0 Å². The van der Waals surface area contributed by atoms with Crippen molar-refractivity contribution in [2.75, 3.05) is 6.54 Å². The fraction of sp³-hybridized carbons (Fsp3) is 0.400. The Balaban J connectivity index is 2.20. The van der Waals surface area contributed by atoms with Crippen molar-refractivity contribution in [1.29, 1.82) is 0 Å². The Kier molecular flexibility index (Phi) is 5.30. The summed E-state index contributed by atoms with van der Waals surface area (Å²) in [6.07, 6.45) is 2.12. The normalized spacial score (nSPS) is 11.2. The van der Waals surface area contributed by atoms with Gasteiger partial charge in [-0.15, -0.1) is 11.3 Å². The monoisotopic (exact) mass is 329 g/mol. The maximum Gasteiger partial charge on any atom is 0.262 e. The van der Waals surface area contributed by atoms with Gasteiger partial charge in [-0.3, -0.25) is 4.79 Å². The molecule has 0 aliphatic heterocycles. The van der Waals surface area contributed by atoms with E-state index in [2.05, 4.69) is 19.2 Å². The molecular weight excluding hydrogens is 313 g/mol. The van der Waals surface area contributed by atoms with Crippen LogP contribution >= 0.6 is 34.5 Å². The molecule has 0 fully saturated rings. The van der Waals surface area contributed by atoms with Crippen LogP contribution in [0.2, 0.25) is 10.0 Å². The summed E-state index contributed by atoms with van der Waals surface area (Å²) in [7, 11) is 0. The number of rotatable bonds is 5. The Morgan fingerprint density at radius 3 is 2.65 bits per heavy atom. The van der Waals surface area contributed by atoms with E-state index in [1.54, 1.807) is 6.07 Å². The van der Waals surface area contributed by atoms with Crippen LogP contribution in [0.1, 0.15) is 36.4 Å². The van der Waals surface area contributed by atoms with Crippen LogP contribution in [-0.4, -0.2) is 12.5 Å². The second-order valence-corrected chi connectivity index (χ2v) is 6.64. The molecule has 2 nitrogen and oxygen atoms in total. The molecule has 0 spiro atoms. The third-order valence-corrected chi connectivity index (χ3v) is 5.39. The third kappa shape index (κ3) is 3.27. The van der Waals surface area contributed by atoms with Gasteiger partial charge in [-0.25, -0.2) is 0 Å². The number of fused-ring (bicyclic) bond motifs is 1. The highest BCUT2D eigenvalue weighted by molar-refractivity contribution is 7.21. The van der Waals surface area contributed by atoms with E-state index in [4.69, 9.17) is 23.2 Å². The summed E-state index contributed by atoms with van der Waals surface area (Å²) < 4.78 is 0.940. The van der Waals surface area contributed by atoms with Crippen molar-refractivity contribution in [2.24, 2.45) is 5.92 Å². The second-order valence-electron chi connectivity index (χ2n) is 4.78. The number of hydrogen-bond acceptors (Lipinski definition) is 2. The largest absolute Gasteiger partial charge is 0.351 e. The van der Waals surface area contributed by atoms with E-state index in [0.29, 0.717) is 27.4 Å². The Bertz CT molecular complexity index is 620. The van der Waals surface area contributed by atoms with Crippen LogP contribution in [0.5, 0.6) is 0 Å². The van der Waals surface area contributed by atoms with Crippen molar-refractivity contribution in [3.63, 3.8) is 0 Å². The van der Waals surface area contributed by atoms with Gasteiger partial charge >= 0.3 is 0 Å². The minimum Gasteiger partial charge on any atom is -0.351 e. The minimum atomic E-state index is -0.0979. The van der Waals surface area contributed by atoms with Crippen molar-refractivity contribution >= 4 is 50.5 Å². The molecule has 0 saturated carbocycles. The highest BCUT2D eigenvalue weighted by atomic mass is 35.5. The lowest BCUT2D eigenvalue weighted by molar-refractivity contribution is 0.0950. The fourth-order valence-corrected chi connectivity index (χ4v) is 3.79. The molecule has 5 heteroatoms. The molecule has 1 aromatic carbocycles. The maximum atomic E-state index is 12.2. The smallest absolute Gasteiger partial charge is 0.262 e. The summed E-state index contributed by atoms with van der Waals surface area (Å²) in [5, 5.41) is 5.02. The van der Waals surface area contributed by atoms with E-state index >= 15 is 0 Å². The first kappa shape index (κ1) is 15.6. The van der Waals surface area contributed by atoms with Crippen molar-refractivity contribution in [1.82, 2.24) is 5.32 Å². The lowest BCUT2D eigenvalue weighted by Gasteiger charge is -2.12. The van der Waals surface area contributed by atoms with Gasteiger partial charge in [-0.05, 0) is 18.1 Å². The number of benzene rings is 1. The molecule has 0 bridgehead atoms. The van der Waals surface area contributed by atoms with Gasteiger partial charge < -0.3 is 5.32 Å². The van der Waals surface area contributed by atoms with Gasteiger partial charge in [0.05, 0.1) is 5.02 Å². The molecule has 108 valence electrons. The van der Waals surface area contributed by atoms with Crippen LogP contribution < -0.4 is 5.32 Å². The first-order valence-electron chi connectivity index (χ1n) is 6.72. The molecule has 2 rings (SSSR count). The number of halogens is 2. The number of carbonyl (C=O) groups is 1. The zero-order chi connectivity index (χ0) is 14.7. The molecule has 1 heterocycles. The van der Waals surface area contributed by atoms with Gasteiger partial charge in [0.2, 0.25) is 0 Å². The lowest BCUT2D eigenvalue weighted by Crippen LogP contribution is -2.28. The predicted molar refractivity (Wildman–Crippen MR) is 88.3 cm³/mol. The average molecular weight is 330 g/mol. The highest BCUT2D eigenvalue weighted by Crippen LogP contribution is 2.36. The lowest BCUT2D eigenvalue weighted by atomic mass is 10.0. The average Bonchev–Trinajstić information content (AvgIpc) is 2.76. The number of amides is 1. The SMILES string of the molecule is CCC(CC)CNC(=O)c1sc2cc(Cl)ccc2c1Cl. The van der Waals surface area contributed by atoms with E-state index in [-0.39, 0.29) is 5.91 Å². The van der Waals surface area contributed by atoms with E-state index in [0.717, 1.165) is 22.9 Å². The zero-order valence-corrected chi connectivity index (χ0v) is 13.8. The summed E-state index contributed by atoms with van der Waals surface area (Å²) in [6.45, 7) is 4.96. The van der Waals surface area contributed by atoms with Crippen LogP contribution in [0.15, 0.2) is 18.2 Å². The molecular formula is C15H17Cl2NOS. The fourth-order valence-electron chi connectivity index (χ4n) is 2.08. The number of hydrogen-bond donors (Lipinski definition) is 1. The molecule has 0 saturated heterocycles. The standard InChI is InChI=1S/C15H17Cl2NOS/c1-3-9(4-2)8-18-15(19)14-13(17)11-6-5-10(16)7-12(11)20-14/h5-7,9H,3-4,8H2,1-2H3,(H,18,19). The van der Waals surface area contributed by atoms with E-state index in [1.807, 2.05) is 12.1 Å². The molecule has 20 heavy (non-hydrogen) atoms. The molecule has 1 amide bonds. The first-order chi connectivity index (χ1) is 9.56. The summed E-state index contributed by atoms with van der Waals surface area (Å²) in [4.78, 5) is 12.8. The van der Waals surface area contributed by atoms with Gasteiger partial charge in [-0.1, -0.05) is 56.0 Å². The van der Waals surface area contributed by atoms with Gasteiger partial charge in [-0.2, -0.15) is 0 Å². The van der Waals surface area contributed by atoms with E-state index in [9.17, 15) is 4.79 Å². The Hall–Kier alpha value is -0.770. The molecule has 0 unspecified atom stereocenters. The van der Waals surface area contributed by atoms with Crippen molar-refractivity contribution in [3.8, 4) is 0 Å². The van der Waals surface area contributed by atoms with Crippen molar-refractivity contribution in [2.45, 2.75) is 26.7 Å². The quantitative estimate of drug-likeness (QED) is 0.784. The molecule has 0 radical (unpaired) electrons. The Labute approximate surface area is 133 Å². The molecule has 0 atom stereocenters. The van der Waals surface area contributed by atoms with E-state index < -0.39 is 0 Å². The summed E-state index contributed by atoms with van der Waals surface area (Å²) in [5.74, 6) is 0.417. The Morgan fingerprint density at radius 2 is 2.00 bits per heavy atom. The molecule has 0 aliphatic carbocycles. The third-order valence-electron chi connectivity index (χ3n) is 3.50. The second kappa shape index (κ2) is 6.79. The van der Waals surface area contributed by atoms with Gasteiger partial charge in [0.15, 0.2) is 0 Å². The summed E-state index contributed by atoms with van der Waals surface area (Å²) in [5.41, 5.74) is 0. The van der Waals surface area contributed by atoms with Gasteiger partial charge in [0.1, 0.15) is 4.88 Å². The minimum absolute atomic E-state index is 0.0979. The summed E-state index contributed by atoms with van der Waals surface area (Å²) >= 11 is 13.6. The van der Waals surface area contributed by atoms with Gasteiger partial charge in [0, 0.05) is 21.7 Å². The number of thiophene rings is 1. The number of nitrogens with one attached hydrogen (secondary N) is 1. The first-order valence-corrected chi connectivity index (χ1v) is 8.29. The molecule has 1 N–H and O–H groups in total. The van der Waals surface area contributed by atoms with Crippen molar-refractivity contribution in [3.05, 3.63) is 33.1 Å². The predicted octanol–water partition coefficient (Wildman–Crippen LogP) is 5.37. The number of carbonyl (C=O) groups excluding carboxylic acids is 1. The Morgan fingerprint density at radius 1 is 1.30 bits per heavy atom. The maximum absolute atomic E-state index is 12.2. The van der Waals surface area contributed by atoms with Crippen LogP contribution in [0, 0.1) is 5.92 Å². The van der Waals surface area contributed by atoms with E-state index in [1.165, 1.54) is 11.3 Å². The van der Waals surface area contributed by atoms with Crippen molar-refractivity contribution < 1.29 is 4.79 Å². The molecule has 1 aromatic heterocycles. The molecule has 2 aromatic rings. The topological polar surface area (TPSA) is 29.1 Å². The summed E-state index contributed by atoms with van der Waals surface area (Å²) in [6, 6.07) is 5.48. The van der Waals surface area contributed by atoms with Crippen LogP contribution in [-0.2, 0) is 0 Å². The van der Waals surface area contributed by atoms with Crippen LogP contribution in [0.25, 0.3) is 10.1 Å². The zero-order valence-electron chi connectivity index (χ0n) is 11.5. The van der Waals surface area contributed by atoms with Crippen LogP contribution in [0.3, 0.4) is 0 Å². The van der Waals surface area contributed by atoms with Gasteiger partial charge in [0.25, 0.3) is 5.91 Å².